The lowest BCUT2D eigenvalue weighted by molar-refractivity contribution is 0.0698. The summed E-state index contributed by atoms with van der Waals surface area (Å²) in [5.41, 5.74) is 8.84. The standard InChI is InChI=1S/C39H37Cl2N5O4/c1-20-14-26(15-21(2)35(20)41)50-13-7-8-28-29-9-10-31(40)34(33-23(4)42-19-43-24(33)5)36(29)46-22(3)18-45(38(47)37(28)46)25-16-30(39(48)49)27-11-12-44(6)32(27)17-25/h9-12,14-17,19,22H,7-8,13,18H2,1-6H3,(H,48,49)/t22-/m1/s1. The number of carboxylic acid groups (broad SMARTS) is 1. The van der Waals surface area contributed by atoms with Crippen molar-refractivity contribution in [3.8, 4) is 16.9 Å². The van der Waals surface area contributed by atoms with E-state index in [2.05, 4.69) is 21.5 Å². The average molecular weight is 711 g/mol. The highest BCUT2D eigenvalue weighted by Gasteiger charge is 2.37. The first-order chi connectivity index (χ1) is 23.9. The normalized spacial score (nSPS) is 14.5. The van der Waals surface area contributed by atoms with E-state index in [9.17, 15) is 14.7 Å². The third kappa shape index (κ3) is 5.49. The summed E-state index contributed by atoms with van der Waals surface area (Å²) in [5, 5.41) is 12.9. The van der Waals surface area contributed by atoms with Crippen LogP contribution in [0.5, 0.6) is 5.75 Å². The van der Waals surface area contributed by atoms with E-state index in [-0.39, 0.29) is 17.5 Å². The fraction of sp³-hybridized carbons (Fsp3) is 0.282. The van der Waals surface area contributed by atoms with Crippen LogP contribution in [0.15, 0.2) is 55.0 Å². The topological polar surface area (TPSA) is 102 Å². The molecule has 0 spiro atoms. The number of hydrogen-bond acceptors (Lipinski definition) is 5. The molecule has 3 aromatic carbocycles. The Labute approximate surface area is 300 Å². The molecule has 0 saturated heterocycles. The van der Waals surface area contributed by atoms with Gasteiger partial charge in [-0.15, -0.1) is 0 Å². The number of carboxylic acids is 1. The second kappa shape index (κ2) is 12.8. The first kappa shape index (κ1) is 33.6. The van der Waals surface area contributed by atoms with Crippen LogP contribution >= 0.6 is 23.2 Å². The molecule has 1 N–H and O–H groups in total. The average Bonchev–Trinajstić information content (AvgIpc) is 3.61. The summed E-state index contributed by atoms with van der Waals surface area (Å²) in [5.74, 6) is -0.501. The van der Waals surface area contributed by atoms with E-state index in [0.717, 1.165) is 66.4 Å². The number of amides is 1. The molecule has 1 amide bonds. The van der Waals surface area contributed by atoms with Crippen LogP contribution in [0.1, 0.15) is 68.3 Å². The molecule has 1 aliphatic rings. The van der Waals surface area contributed by atoms with Crippen molar-refractivity contribution in [2.45, 2.75) is 53.5 Å². The number of carbonyl (C=O) groups is 2. The maximum absolute atomic E-state index is 14.9. The number of benzene rings is 3. The van der Waals surface area contributed by atoms with E-state index in [1.165, 1.54) is 0 Å². The number of aromatic carboxylic acids is 1. The predicted molar refractivity (Wildman–Crippen MR) is 198 cm³/mol. The number of anilines is 1. The molecule has 1 atom stereocenters. The van der Waals surface area contributed by atoms with E-state index < -0.39 is 5.97 Å². The highest BCUT2D eigenvalue weighted by molar-refractivity contribution is 6.35. The van der Waals surface area contributed by atoms with E-state index in [0.29, 0.717) is 47.8 Å². The Bertz CT molecular complexity index is 2330. The van der Waals surface area contributed by atoms with Gasteiger partial charge in [-0.25, -0.2) is 14.8 Å². The molecule has 0 aliphatic carbocycles. The first-order valence-electron chi connectivity index (χ1n) is 16.5. The molecule has 50 heavy (non-hydrogen) atoms. The molecule has 11 heteroatoms. The summed E-state index contributed by atoms with van der Waals surface area (Å²) >= 11 is 13.4. The molecule has 256 valence electrons. The summed E-state index contributed by atoms with van der Waals surface area (Å²) in [6.07, 6.45) is 4.56. The number of hydrogen-bond donors (Lipinski definition) is 1. The molecule has 7 rings (SSSR count). The van der Waals surface area contributed by atoms with Gasteiger partial charge in [-0.3, -0.25) is 4.79 Å². The summed E-state index contributed by atoms with van der Waals surface area (Å²) in [4.78, 5) is 38.0. The van der Waals surface area contributed by atoms with Crippen molar-refractivity contribution in [1.29, 1.82) is 0 Å². The number of carbonyl (C=O) groups excluding carboxylic acids is 1. The van der Waals surface area contributed by atoms with Crippen LogP contribution in [0.2, 0.25) is 10.0 Å². The van der Waals surface area contributed by atoms with Gasteiger partial charge in [0.1, 0.15) is 17.8 Å². The summed E-state index contributed by atoms with van der Waals surface area (Å²) in [7, 11) is 1.87. The van der Waals surface area contributed by atoms with Crippen LogP contribution in [-0.2, 0) is 13.5 Å². The van der Waals surface area contributed by atoms with Gasteiger partial charge < -0.3 is 23.9 Å². The van der Waals surface area contributed by atoms with E-state index in [4.69, 9.17) is 27.9 Å². The Morgan fingerprint density at radius 1 is 0.980 bits per heavy atom. The Hall–Kier alpha value is -4.86. The van der Waals surface area contributed by atoms with Gasteiger partial charge in [-0.2, -0.15) is 0 Å². The van der Waals surface area contributed by atoms with Crippen molar-refractivity contribution in [3.05, 3.63) is 104 Å². The Balaban J connectivity index is 1.38. The lowest BCUT2D eigenvalue weighted by atomic mass is 9.97. The molecule has 0 saturated carbocycles. The van der Waals surface area contributed by atoms with Crippen LogP contribution in [-0.4, -0.2) is 49.2 Å². The molecular formula is C39H37Cl2N5O4. The van der Waals surface area contributed by atoms with Crippen LogP contribution < -0.4 is 9.64 Å². The third-order valence-corrected chi connectivity index (χ3v) is 10.7. The maximum atomic E-state index is 14.9. The fourth-order valence-corrected chi connectivity index (χ4v) is 7.82. The number of aromatic nitrogens is 4. The summed E-state index contributed by atoms with van der Waals surface area (Å²) in [6, 6.07) is 12.8. The van der Waals surface area contributed by atoms with Crippen molar-refractivity contribution in [1.82, 2.24) is 19.1 Å². The predicted octanol–water partition coefficient (Wildman–Crippen LogP) is 9.06. The van der Waals surface area contributed by atoms with Gasteiger partial charge in [0.15, 0.2) is 0 Å². The maximum Gasteiger partial charge on any atom is 0.336 e. The number of ether oxygens (including phenoxy) is 1. The Kier molecular flexibility index (Phi) is 8.60. The third-order valence-electron chi connectivity index (χ3n) is 9.81. The molecule has 3 aromatic heterocycles. The summed E-state index contributed by atoms with van der Waals surface area (Å²) in [6.45, 7) is 10.6. The van der Waals surface area contributed by atoms with Crippen molar-refractivity contribution in [2.75, 3.05) is 18.1 Å². The van der Waals surface area contributed by atoms with Gasteiger partial charge in [-0.1, -0.05) is 29.3 Å². The second-order valence-electron chi connectivity index (χ2n) is 13.2. The first-order valence-corrected chi connectivity index (χ1v) is 17.3. The van der Waals surface area contributed by atoms with E-state index in [1.807, 2.05) is 75.8 Å². The SMILES string of the molecule is Cc1cc(OCCCc2c3n(c4c(-c5c(C)ncnc5C)c(Cl)ccc24)[C@H](C)CN(c2cc(C(=O)O)c4ccn(C)c4c2)C3=O)cc(C)c1Cl. The van der Waals surface area contributed by atoms with Gasteiger partial charge >= 0.3 is 5.97 Å². The molecule has 0 radical (unpaired) electrons. The smallest absolute Gasteiger partial charge is 0.336 e. The lowest BCUT2D eigenvalue weighted by Gasteiger charge is -2.34. The molecular weight excluding hydrogens is 673 g/mol. The Morgan fingerprint density at radius 2 is 1.68 bits per heavy atom. The van der Waals surface area contributed by atoms with Gasteiger partial charge in [0.05, 0.1) is 28.2 Å². The molecule has 0 bridgehead atoms. The minimum absolute atomic E-state index is 0.152. The molecule has 1 aliphatic heterocycles. The molecule has 9 nitrogen and oxygen atoms in total. The number of nitrogens with zero attached hydrogens (tertiary/aromatic N) is 5. The van der Waals surface area contributed by atoms with Crippen LogP contribution in [0, 0.1) is 27.7 Å². The second-order valence-corrected chi connectivity index (χ2v) is 14.0. The number of rotatable bonds is 8. The number of aryl methyl sites for hydroxylation is 6. The van der Waals surface area contributed by atoms with E-state index >= 15 is 0 Å². The number of halogens is 2. The zero-order valence-electron chi connectivity index (χ0n) is 28.8. The zero-order valence-corrected chi connectivity index (χ0v) is 30.3. The van der Waals surface area contributed by atoms with Crippen molar-refractivity contribution >= 4 is 62.6 Å². The highest BCUT2D eigenvalue weighted by Crippen LogP contribution is 2.45. The van der Waals surface area contributed by atoms with E-state index in [1.54, 1.807) is 23.4 Å². The quantitative estimate of drug-likeness (QED) is 0.158. The van der Waals surface area contributed by atoms with Gasteiger partial charge in [0.2, 0.25) is 0 Å². The molecule has 6 aromatic rings. The molecule has 0 fully saturated rings. The molecule has 4 heterocycles. The van der Waals surface area contributed by atoms with Gasteiger partial charge in [-0.05, 0) is 101 Å². The summed E-state index contributed by atoms with van der Waals surface area (Å²) < 4.78 is 10.2. The van der Waals surface area contributed by atoms with Crippen molar-refractivity contribution in [2.24, 2.45) is 7.05 Å². The van der Waals surface area contributed by atoms with Crippen LogP contribution in [0.3, 0.4) is 0 Å². The van der Waals surface area contributed by atoms with Crippen LogP contribution in [0.25, 0.3) is 32.9 Å². The number of fused-ring (bicyclic) bond motifs is 4. The monoisotopic (exact) mass is 709 g/mol. The Morgan fingerprint density at radius 3 is 2.36 bits per heavy atom. The minimum atomic E-state index is -1.04. The van der Waals surface area contributed by atoms with Gasteiger partial charge in [0, 0.05) is 69.8 Å². The zero-order chi connectivity index (χ0) is 35.6. The highest BCUT2D eigenvalue weighted by atomic mass is 35.5. The largest absolute Gasteiger partial charge is 0.494 e. The van der Waals surface area contributed by atoms with Crippen molar-refractivity contribution < 1.29 is 19.4 Å². The fourth-order valence-electron chi connectivity index (χ4n) is 7.46. The van der Waals surface area contributed by atoms with Crippen LogP contribution in [0.4, 0.5) is 5.69 Å². The van der Waals surface area contributed by atoms with Crippen molar-refractivity contribution in [3.63, 3.8) is 0 Å². The lowest BCUT2D eigenvalue weighted by Crippen LogP contribution is -2.42. The van der Waals surface area contributed by atoms with Gasteiger partial charge in [0.25, 0.3) is 5.91 Å². The molecule has 0 unspecified atom stereocenters. The minimum Gasteiger partial charge on any atom is -0.494 e.